The smallest absolute Gasteiger partial charge is 0.437 e. The van der Waals surface area contributed by atoms with Crippen LogP contribution in [0, 0.1) is 0 Å². The number of rotatable bonds is 4. The average Bonchev–Trinajstić information content (AvgIpc) is 2.58. The van der Waals surface area contributed by atoms with Gasteiger partial charge in [0.05, 0.1) is 0 Å². The van der Waals surface area contributed by atoms with Crippen LogP contribution < -0.4 is 0 Å². The van der Waals surface area contributed by atoms with Gasteiger partial charge in [0.25, 0.3) is 0 Å². The molecule has 2 aromatic rings. The number of benzene rings is 2. The van der Waals surface area contributed by atoms with E-state index in [2.05, 4.69) is 4.99 Å². The van der Waals surface area contributed by atoms with Gasteiger partial charge in [-0.25, -0.2) is 4.79 Å². The summed E-state index contributed by atoms with van der Waals surface area (Å²) in [7, 11) is 0. The van der Waals surface area contributed by atoms with Crippen molar-refractivity contribution in [1.29, 1.82) is 0 Å². The molecule has 0 saturated carbocycles. The Morgan fingerprint density at radius 1 is 0.917 bits per heavy atom. The lowest BCUT2D eigenvalue weighted by Crippen LogP contribution is -2.17. The Hall–Kier alpha value is -1.75. The molecule has 0 unspecified atom stereocenters. The quantitative estimate of drug-likeness (QED) is 0.414. The van der Waals surface area contributed by atoms with E-state index < -0.39 is 16.5 Å². The number of hydrogen-bond acceptors (Lipinski definition) is 3. The molecule has 0 bridgehead atoms. The van der Waals surface area contributed by atoms with Crippen LogP contribution in [0.1, 0.15) is 11.1 Å². The number of carbonyl (C=O) groups excluding carboxylic acids is 1. The number of alkyl halides is 3. The van der Waals surface area contributed by atoms with Gasteiger partial charge in [-0.2, -0.15) is 0 Å². The Labute approximate surface area is 155 Å². The average molecular weight is 387 g/mol. The number of carbonyl (C=O) groups is 1. The van der Waals surface area contributed by atoms with Crippen molar-refractivity contribution in [2.75, 3.05) is 6.61 Å². The van der Waals surface area contributed by atoms with Gasteiger partial charge in [0.15, 0.2) is 0 Å². The predicted molar refractivity (Wildman–Crippen MR) is 95.8 cm³/mol. The lowest BCUT2D eigenvalue weighted by atomic mass is 10.2. The maximum absolute atomic E-state index is 11.8. The number of aliphatic imine (C=N–C) groups is 1. The summed E-state index contributed by atoms with van der Waals surface area (Å²) in [5.41, 5.74) is 1.58. The van der Waals surface area contributed by atoms with Gasteiger partial charge in [-0.05, 0) is 17.7 Å². The highest BCUT2D eigenvalue weighted by Crippen LogP contribution is 2.26. The second-order valence-electron chi connectivity index (χ2n) is 4.73. The van der Waals surface area contributed by atoms with Gasteiger partial charge in [0, 0.05) is 5.56 Å². The molecule has 0 N–H and O–H groups in total. The van der Waals surface area contributed by atoms with E-state index in [1.807, 2.05) is 48.5 Å². The minimum absolute atomic E-state index is 0.133. The summed E-state index contributed by atoms with van der Waals surface area (Å²) < 4.78 is 8.78. The summed E-state index contributed by atoms with van der Waals surface area (Å²) in [6.07, 6.45) is -0.895. The molecule has 0 heterocycles. The zero-order valence-electron chi connectivity index (χ0n) is 12.5. The number of ether oxygens (including phenoxy) is 2. The second kappa shape index (κ2) is 8.92. The molecule has 0 aromatic heterocycles. The maximum Gasteiger partial charge on any atom is 0.437 e. The first kappa shape index (κ1) is 18.6. The molecule has 0 radical (unpaired) electrons. The normalized spacial score (nSPS) is 11.9. The summed E-state index contributed by atoms with van der Waals surface area (Å²) in [5.74, 6) is 0.133. The second-order valence-corrected chi connectivity index (χ2v) is 7.24. The van der Waals surface area contributed by atoms with Crippen LogP contribution >= 0.6 is 34.8 Å². The number of amides is 1. The van der Waals surface area contributed by atoms with E-state index in [0.29, 0.717) is 5.56 Å². The van der Waals surface area contributed by atoms with Crippen molar-refractivity contribution in [3.63, 3.8) is 0 Å². The van der Waals surface area contributed by atoms with Crippen LogP contribution in [0.15, 0.2) is 65.7 Å². The van der Waals surface area contributed by atoms with Gasteiger partial charge in [0.1, 0.15) is 13.2 Å². The summed E-state index contributed by atoms with van der Waals surface area (Å²) in [5, 5.41) is 0. The molecule has 4 nitrogen and oxygen atoms in total. The van der Waals surface area contributed by atoms with E-state index in [9.17, 15) is 4.79 Å². The van der Waals surface area contributed by atoms with Crippen molar-refractivity contribution in [3.05, 3.63) is 71.8 Å². The van der Waals surface area contributed by atoms with E-state index >= 15 is 0 Å². The molecule has 24 heavy (non-hydrogen) atoms. The minimum atomic E-state index is -1.69. The topological polar surface area (TPSA) is 47.9 Å². The molecule has 7 heteroatoms. The molecule has 0 aliphatic carbocycles. The third-order valence-electron chi connectivity index (χ3n) is 2.79. The third kappa shape index (κ3) is 6.79. The largest absolute Gasteiger partial charge is 0.472 e. The Bertz CT molecular complexity index is 685. The van der Waals surface area contributed by atoms with Gasteiger partial charge in [-0.15, -0.1) is 4.99 Å². The van der Waals surface area contributed by atoms with Crippen LogP contribution in [-0.4, -0.2) is 22.4 Å². The lowest BCUT2D eigenvalue weighted by Gasteiger charge is -2.11. The first-order valence-corrected chi connectivity index (χ1v) is 8.12. The van der Waals surface area contributed by atoms with Crippen LogP contribution in [0.3, 0.4) is 0 Å². The molecule has 0 atom stereocenters. The van der Waals surface area contributed by atoms with Gasteiger partial charge < -0.3 is 9.47 Å². The van der Waals surface area contributed by atoms with Crippen LogP contribution in [0.4, 0.5) is 4.79 Å². The standard InChI is InChI=1S/C17H14Cl3NO3/c18-17(19,20)12-24-16(22)21-15(14-9-5-2-6-10-14)23-11-13-7-3-1-4-8-13/h1-10H,11-12H2/b21-15-. The fraction of sp³-hybridized carbons (Fsp3) is 0.176. The van der Waals surface area contributed by atoms with Gasteiger partial charge >= 0.3 is 6.09 Å². The van der Waals surface area contributed by atoms with Crippen LogP contribution in [0.25, 0.3) is 0 Å². The molecule has 0 aliphatic rings. The fourth-order valence-corrected chi connectivity index (χ4v) is 1.91. The van der Waals surface area contributed by atoms with Crippen molar-refractivity contribution in [3.8, 4) is 0 Å². The van der Waals surface area contributed by atoms with Gasteiger partial charge in [0.2, 0.25) is 9.69 Å². The Kier molecular flexibility index (Phi) is 6.91. The van der Waals surface area contributed by atoms with Crippen LogP contribution in [0.5, 0.6) is 0 Å². The summed E-state index contributed by atoms with van der Waals surface area (Å²) in [6.45, 7) is -0.146. The van der Waals surface area contributed by atoms with Crippen LogP contribution in [0.2, 0.25) is 0 Å². The zero-order valence-corrected chi connectivity index (χ0v) is 14.8. The van der Waals surface area contributed by atoms with Crippen molar-refractivity contribution in [2.24, 2.45) is 4.99 Å². The van der Waals surface area contributed by atoms with E-state index in [4.69, 9.17) is 44.3 Å². The summed E-state index contributed by atoms with van der Waals surface area (Å²) >= 11 is 16.6. The highest BCUT2D eigenvalue weighted by atomic mass is 35.6. The molecule has 0 aliphatic heterocycles. The number of hydrogen-bond donors (Lipinski definition) is 0. The molecule has 2 aromatic carbocycles. The van der Waals surface area contributed by atoms with Crippen LogP contribution in [-0.2, 0) is 16.1 Å². The first-order chi connectivity index (χ1) is 11.4. The molecule has 1 amide bonds. The Morgan fingerprint density at radius 2 is 1.50 bits per heavy atom. The fourth-order valence-electron chi connectivity index (χ4n) is 1.75. The molecule has 0 fully saturated rings. The molecular weight excluding hydrogens is 373 g/mol. The maximum atomic E-state index is 11.8. The number of halogens is 3. The minimum Gasteiger partial charge on any atom is -0.472 e. The first-order valence-electron chi connectivity index (χ1n) is 6.98. The highest BCUT2D eigenvalue weighted by Gasteiger charge is 2.22. The lowest BCUT2D eigenvalue weighted by molar-refractivity contribution is 0.158. The molecule has 2 rings (SSSR count). The monoisotopic (exact) mass is 385 g/mol. The molecular formula is C17H14Cl3NO3. The highest BCUT2D eigenvalue weighted by molar-refractivity contribution is 6.67. The van der Waals surface area contributed by atoms with Gasteiger partial charge in [-0.1, -0.05) is 83.3 Å². The van der Waals surface area contributed by atoms with Gasteiger partial charge in [-0.3, -0.25) is 0 Å². The predicted octanol–water partition coefficient (Wildman–Crippen LogP) is 5.16. The van der Waals surface area contributed by atoms with Crippen molar-refractivity contribution < 1.29 is 14.3 Å². The Balaban J connectivity index is 2.11. The number of nitrogens with zero attached hydrogens (tertiary/aromatic N) is 1. The third-order valence-corrected chi connectivity index (χ3v) is 3.12. The Morgan fingerprint density at radius 3 is 2.08 bits per heavy atom. The molecule has 126 valence electrons. The van der Waals surface area contributed by atoms with Crippen molar-refractivity contribution in [2.45, 2.75) is 10.4 Å². The zero-order chi connectivity index (χ0) is 17.4. The van der Waals surface area contributed by atoms with Crippen molar-refractivity contribution >= 4 is 46.8 Å². The molecule has 0 spiro atoms. The molecule has 0 saturated heterocycles. The van der Waals surface area contributed by atoms with E-state index in [1.54, 1.807) is 12.1 Å². The SMILES string of the molecule is O=C(/N=C(\OCc1ccccc1)c1ccccc1)OCC(Cl)(Cl)Cl. The summed E-state index contributed by atoms with van der Waals surface area (Å²) in [4.78, 5) is 15.6. The van der Waals surface area contributed by atoms with E-state index in [0.717, 1.165) is 5.56 Å². The van der Waals surface area contributed by atoms with E-state index in [-0.39, 0.29) is 12.5 Å². The van der Waals surface area contributed by atoms with E-state index in [1.165, 1.54) is 0 Å². The van der Waals surface area contributed by atoms with Crippen molar-refractivity contribution in [1.82, 2.24) is 0 Å². The summed E-state index contributed by atoms with van der Waals surface area (Å²) in [6, 6.07) is 18.5.